The fourth-order valence-electron chi connectivity index (χ4n) is 1.40. The quantitative estimate of drug-likeness (QED) is 0.666. The van der Waals surface area contributed by atoms with Gasteiger partial charge in [0.15, 0.2) is 0 Å². The van der Waals surface area contributed by atoms with Gasteiger partial charge < -0.3 is 10.8 Å². The minimum Gasteiger partial charge on any atom is -0.478 e. The second-order valence-corrected chi connectivity index (χ2v) is 5.12. The molecule has 19 heavy (non-hydrogen) atoms. The highest BCUT2D eigenvalue weighted by Crippen LogP contribution is 2.28. The number of hydrogen-bond donors (Lipinski definition) is 2. The molecule has 0 radical (unpaired) electrons. The van der Waals surface area contributed by atoms with Crippen LogP contribution in [0.2, 0.25) is 5.02 Å². The lowest BCUT2D eigenvalue weighted by Gasteiger charge is -2.05. The number of nitrogen functional groups attached to an aromatic ring is 1. The second-order valence-electron chi connectivity index (χ2n) is 3.66. The highest BCUT2D eigenvalue weighted by Gasteiger charge is 2.11. The molecule has 0 saturated heterocycles. The molecule has 2 aromatic rings. The SMILES string of the molecule is Nc1ccc(SCc2ncncc2C(=O)O)cc1Cl. The van der Waals surface area contributed by atoms with E-state index in [1.807, 2.05) is 6.07 Å². The molecule has 3 N–H and O–H groups in total. The minimum atomic E-state index is -1.04. The number of anilines is 1. The molecule has 5 nitrogen and oxygen atoms in total. The molecule has 98 valence electrons. The Bertz CT molecular complexity index is 622. The summed E-state index contributed by atoms with van der Waals surface area (Å²) in [6.07, 6.45) is 2.62. The van der Waals surface area contributed by atoms with E-state index in [0.29, 0.717) is 22.2 Å². The fourth-order valence-corrected chi connectivity index (χ4v) is 2.54. The average molecular weight is 296 g/mol. The lowest BCUT2D eigenvalue weighted by atomic mass is 10.2. The Balaban J connectivity index is 2.14. The maximum Gasteiger partial charge on any atom is 0.339 e. The van der Waals surface area contributed by atoms with Crippen molar-refractivity contribution in [3.8, 4) is 0 Å². The van der Waals surface area contributed by atoms with Gasteiger partial charge in [0.2, 0.25) is 0 Å². The molecular formula is C12H10ClN3O2S. The van der Waals surface area contributed by atoms with E-state index in [1.54, 1.807) is 12.1 Å². The molecule has 0 unspecified atom stereocenters. The van der Waals surface area contributed by atoms with Crippen LogP contribution in [0, 0.1) is 0 Å². The Morgan fingerprint density at radius 1 is 1.47 bits per heavy atom. The third kappa shape index (κ3) is 3.36. The molecule has 2 rings (SSSR count). The average Bonchev–Trinajstić information content (AvgIpc) is 2.40. The summed E-state index contributed by atoms with van der Waals surface area (Å²) in [5.41, 5.74) is 6.71. The summed E-state index contributed by atoms with van der Waals surface area (Å²) >= 11 is 7.35. The summed E-state index contributed by atoms with van der Waals surface area (Å²) in [5.74, 6) is -0.615. The van der Waals surface area contributed by atoms with E-state index in [-0.39, 0.29) is 5.56 Å². The van der Waals surface area contributed by atoms with Gasteiger partial charge in [-0.05, 0) is 18.2 Å². The molecule has 1 heterocycles. The molecule has 1 aromatic heterocycles. The van der Waals surface area contributed by atoms with Crippen molar-refractivity contribution >= 4 is 35.0 Å². The van der Waals surface area contributed by atoms with Gasteiger partial charge in [-0.3, -0.25) is 0 Å². The monoisotopic (exact) mass is 295 g/mol. The fraction of sp³-hybridized carbons (Fsp3) is 0.0833. The first-order valence-corrected chi connectivity index (χ1v) is 6.64. The van der Waals surface area contributed by atoms with Crippen LogP contribution in [-0.2, 0) is 5.75 Å². The maximum atomic E-state index is 11.0. The Hall–Kier alpha value is -1.79. The van der Waals surface area contributed by atoms with E-state index >= 15 is 0 Å². The van der Waals surface area contributed by atoms with Gasteiger partial charge in [0.25, 0.3) is 0 Å². The molecule has 0 aliphatic rings. The van der Waals surface area contributed by atoms with Crippen molar-refractivity contribution in [2.45, 2.75) is 10.6 Å². The van der Waals surface area contributed by atoms with Crippen LogP contribution in [-0.4, -0.2) is 21.0 Å². The first-order valence-electron chi connectivity index (χ1n) is 5.28. The van der Waals surface area contributed by atoms with Crippen molar-refractivity contribution in [2.24, 2.45) is 0 Å². The lowest BCUT2D eigenvalue weighted by molar-refractivity contribution is 0.0695. The van der Waals surface area contributed by atoms with Gasteiger partial charge in [0, 0.05) is 16.8 Å². The van der Waals surface area contributed by atoms with Crippen LogP contribution < -0.4 is 5.73 Å². The number of carbonyl (C=O) groups is 1. The van der Waals surface area contributed by atoms with Crippen molar-refractivity contribution < 1.29 is 9.90 Å². The molecule has 0 fully saturated rings. The minimum absolute atomic E-state index is 0.108. The lowest BCUT2D eigenvalue weighted by Crippen LogP contribution is -2.04. The van der Waals surface area contributed by atoms with E-state index in [0.717, 1.165) is 4.90 Å². The molecule has 0 amide bonds. The van der Waals surface area contributed by atoms with Gasteiger partial charge in [-0.15, -0.1) is 11.8 Å². The number of carboxylic acids is 1. The highest BCUT2D eigenvalue weighted by molar-refractivity contribution is 7.98. The molecule has 0 aliphatic carbocycles. The number of carboxylic acid groups (broad SMARTS) is 1. The molecule has 0 aliphatic heterocycles. The normalized spacial score (nSPS) is 10.4. The molecule has 1 aromatic carbocycles. The molecule has 0 atom stereocenters. The molecule has 0 bridgehead atoms. The number of aromatic carboxylic acids is 1. The predicted molar refractivity (Wildman–Crippen MR) is 74.4 cm³/mol. The topological polar surface area (TPSA) is 89.1 Å². The molecule has 0 saturated carbocycles. The van der Waals surface area contributed by atoms with Crippen LogP contribution in [0.5, 0.6) is 0 Å². The largest absolute Gasteiger partial charge is 0.478 e. The van der Waals surface area contributed by atoms with Crippen LogP contribution in [0.1, 0.15) is 16.1 Å². The van der Waals surface area contributed by atoms with E-state index < -0.39 is 5.97 Å². The number of thioether (sulfide) groups is 1. The van der Waals surface area contributed by atoms with Crippen LogP contribution in [0.3, 0.4) is 0 Å². The highest BCUT2D eigenvalue weighted by atomic mass is 35.5. The van der Waals surface area contributed by atoms with Gasteiger partial charge in [-0.1, -0.05) is 11.6 Å². The number of benzene rings is 1. The first kappa shape index (κ1) is 13.6. The summed E-state index contributed by atoms with van der Waals surface area (Å²) in [6.45, 7) is 0. The Morgan fingerprint density at radius 3 is 2.95 bits per heavy atom. The second kappa shape index (κ2) is 5.90. The first-order chi connectivity index (χ1) is 9.08. The van der Waals surface area contributed by atoms with Crippen molar-refractivity contribution in [3.63, 3.8) is 0 Å². The van der Waals surface area contributed by atoms with E-state index in [1.165, 1.54) is 24.3 Å². The van der Waals surface area contributed by atoms with E-state index in [9.17, 15) is 4.79 Å². The van der Waals surface area contributed by atoms with Crippen LogP contribution in [0.25, 0.3) is 0 Å². The number of hydrogen-bond acceptors (Lipinski definition) is 5. The third-order valence-electron chi connectivity index (χ3n) is 2.37. The zero-order valence-corrected chi connectivity index (χ0v) is 11.3. The van der Waals surface area contributed by atoms with Crippen molar-refractivity contribution in [1.82, 2.24) is 9.97 Å². The standard InChI is InChI=1S/C12H10ClN3O2S/c13-9-3-7(1-2-10(9)14)19-5-11-8(12(17)18)4-15-6-16-11/h1-4,6H,5,14H2,(H,17,18). The van der Waals surface area contributed by atoms with Gasteiger partial charge in [0.1, 0.15) is 11.9 Å². The van der Waals surface area contributed by atoms with Crippen LogP contribution in [0.15, 0.2) is 35.6 Å². The Labute approximate surface area is 118 Å². The number of halogens is 1. The zero-order valence-electron chi connectivity index (χ0n) is 9.71. The van der Waals surface area contributed by atoms with Crippen molar-refractivity contribution in [1.29, 1.82) is 0 Å². The zero-order chi connectivity index (χ0) is 13.8. The summed E-state index contributed by atoms with van der Waals surface area (Å²) in [5, 5.41) is 9.49. The van der Waals surface area contributed by atoms with Gasteiger partial charge in [-0.2, -0.15) is 0 Å². The smallest absolute Gasteiger partial charge is 0.339 e. The van der Waals surface area contributed by atoms with Crippen LogP contribution in [0.4, 0.5) is 5.69 Å². The van der Waals surface area contributed by atoms with E-state index in [2.05, 4.69) is 9.97 Å². The number of rotatable bonds is 4. The molecule has 0 spiro atoms. The summed E-state index contributed by atoms with van der Waals surface area (Å²) < 4.78 is 0. The predicted octanol–water partition coefficient (Wildman–Crippen LogP) is 2.70. The van der Waals surface area contributed by atoms with Crippen molar-refractivity contribution in [2.75, 3.05) is 5.73 Å². The third-order valence-corrected chi connectivity index (χ3v) is 3.71. The molecule has 7 heteroatoms. The summed E-state index contributed by atoms with van der Waals surface area (Å²) in [4.78, 5) is 19.6. The number of aromatic nitrogens is 2. The summed E-state index contributed by atoms with van der Waals surface area (Å²) in [7, 11) is 0. The van der Waals surface area contributed by atoms with E-state index in [4.69, 9.17) is 22.4 Å². The number of nitrogens with zero attached hydrogens (tertiary/aromatic N) is 2. The van der Waals surface area contributed by atoms with Gasteiger partial charge in [0.05, 0.1) is 16.4 Å². The van der Waals surface area contributed by atoms with Crippen LogP contribution >= 0.6 is 23.4 Å². The molecular weight excluding hydrogens is 286 g/mol. The van der Waals surface area contributed by atoms with Crippen molar-refractivity contribution in [3.05, 3.63) is 47.0 Å². The summed E-state index contributed by atoms with van der Waals surface area (Å²) in [6, 6.07) is 5.28. The van der Waals surface area contributed by atoms with Gasteiger partial charge in [-0.25, -0.2) is 14.8 Å². The number of nitrogens with two attached hydrogens (primary N) is 1. The maximum absolute atomic E-state index is 11.0. The Kier molecular flexibility index (Phi) is 4.24. The van der Waals surface area contributed by atoms with Gasteiger partial charge >= 0.3 is 5.97 Å². The Morgan fingerprint density at radius 2 is 2.26 bits per heavy atom.